The van der Waals surface area contributed by atoms with E-state index in [9.17, 15) is 9.59 Å². The number of carbonyl (C=O) groups is 1. The van der Waals surface area contributed by atoms with Crippen molar-refractivity contribution in [3.63, 3.8) is 0 Å². The number of carbonyl (C=O) groups excluding carboxylic acids is 1. The van der Waals surface area contributed by atoms with Crippen molar-refractivity contribution in [3.8, 4) is 6.07 Å². The molecular formula is C12H13N3O2. The maximum absolute atomic E-state index is 12.1. The maximum Gasteiger partial charge on any atom is 0.256 e. The summed E-state index contributed by atoms with van der Waals surface area (Å²) in [6, 6.07) is 4.61. The minimum absolute atomic E-state index is 0.187. The molecule has 1 saturated heterocycles. The zero-order valence-corrected chi connectivity index (χ0v) is 9.35. The average Bonchev–Trinajstić information content (AvgIpc) is 2.39. The highest BCUT2D eigenvalue weighted by molar-refractivity contribution is 5.94. The zero-order chi connectivity index (χ0) is 12.3. The van der Waals surface area contributed by atoms with Gasteiger partial charge in [0.1, 0.15) is 6.04 Å². The number of likely N-dealkylation sites (tertiary alicyclic amines) is 1. The summed E-state index contributed by atoms with van der Waals surface area (Å²) in [7, 11) is 0. The highest BCUT2D eigenvalue weighted by Crippen LogP contribution is 2.18. The lowest BCUT2D eigenvalue weighted by Crippen LogP contribution is -2.43. The second-order valence-corrected chi connectivity index (χ2v) is 4.08. The minimum Gasteiger partial charge on any atom is -0.328 e. The third-order valence-electron chi connectivity index (χ3n) is 2.94. The van der Waals surface area contributed by atoms with Crippen molar-refractivity contribution in [3.05, 3.63) is 34.2 Å². The summed E-state index contributed by atoms with van der Waals surface area (Å²) in [6.45, 7) is 0.607. The van der Waals surface area contributed by atoms with Crippen molar-refractivity contribution in [1.82, 2.24) is 9.88 Å². The lowest BCUT2D eigenvalue weighted by Gasteiger charge is -2.31. The van der Waals surface area contributed by atoms with Gasteiger partial charge in [-0.25, -0.2) is 0 Å². The van der Waals surface area contributed by atoms with Crippen LogP contribution in [0.1, 0.15) is 29.6 Å². The number of aromatic nitrogens is 1. The number of pyridine rings is 1. The van der Waals surface area contributed by atoms with Crippen LogP contribution < -0.4 is 5.56 Å². The van der Waals surface area contributed by atoms with Crippen LogP contribution in [0.3, 0.4) is 0 Å². The Morgan fingerprint density at radius 1 is 1.47 bits per heavy atom. The summed E-state index contributed by atoms with van der Waals surface area (Å²) in [4.78, 5) is 27.1. The van der Waals surface area contributed by atoms with Gasteiger partial charge >= 0.3 is 0 Å². The normalized spacial score (nSPS) is 19.7. The lowest BCUT2D eigenvalue weighted by molar-refractivity contribution is 0.0670. The van der Waals surface area contributed by atoms with Gasteiger partial charge in [-0.05, 0) is 25.3 Å². The molecule has 1 N–H and O–H groups in total. The predicted octanol–water partition coefficient (Wildman–Crippen LogP) is 0.893. The van der Waals surface area contributed by atoms with E-state index in [4.69, 9.17) is 5.26 Å². The van der Waals surface area contributed by atoms with Crippen LogP contribution in [0.15, 0.2) is 23.1 Å². The van der Waals surface area contributed by atoms with Crippen LogP contribution in [0.2, 0.25) is 0 Å². The number of rotatable bonds is 1. The van der Waals surface area contributed by atoms with E-state index < -0.39 is 0 Å². The fourth-order valence-corrected chi connectivity index (χ4v) is 2.02. The number of nitriles is 1. The Balaban J connectivity index is 2.21. The number of nitrogens with zero attached hydrogens (tertiary/aromatic N) is 2. The Hall–Kier alpha value is -2.09. The van der Waals surface area contributed by atoms with Crippen LogP contribution in [-0.2, 0) is 0 Å². The van der Waals surface area contributed by atoms with Gasteiger partial charge in [0.15, 0.2) is 0 Å². The van der Waals surface area contributed by atoms with Crippen LogP contribution >= 0.6 is 0 Å². The average molecular weight is 231 g/mol. The Morgan fingerprint density at radius 2 is 2.29 bits per heavy atom. The van der Waals surface area contributed by atoms with Gasteiger partial charge in [0.05, 0.1) is 11.6 Å². The van der Waals surface area contributed by atoms with Crippen molar-refractivity contribution in [2.75, 3.05) is 6.54 Å². The molecule has 2 heterocycles. The molecule has 1 aromatic rings. The monoisotopic (exact) mass is 231 g/mol. The number of hydrogen-bond donors (Lipinski definition) is 1. The van der Waals surface area contributed by atoms with Crippen molar-refractivity contribution >= 4 is 5.91 Å². The summed E-state index contributed by atoms with van der Waals surface area (Å²) in [5.41, 5.74) is 0.184. The van der Waals surface area contributed by atoms with Crippen molar-refractivity contribution in [2.24, 2.45) is 0 Å². The molecule has 5 nitrogen and oxygen atoms in total. The van der Waals surface area contributed by atoms with Gasteiger partial charge in [-0.15, -0.1) is 0 Å². The number of amides is 1. The smallest absolute Gasteiger partial charge is 0.256 e. The number of aromatic amines is 1. The van der Waals surface area contributed by atoms with Crippen LogP contribution in [0.4, 0.5) is 0 Å². The first kappa shape index (κ1) is 11.4. The summed E-state index contributed by atoms with van der Waals surface area (Å²) < 4.78 is 0. The van der Waals surface area contributed by atoms with Crippen molar-refractivity contribution in [1.29, 1.82) is 5.26 Å². The van der Waals surface area contributed by atoms with Crippen LogP contribution in [0.25, 0.3) is 0 Å². The first-order valence-corrected chi connectivity index (χ1v) is 5.61. The van der Waals surface area contributed by atoms with Crippen LogP contribution in [0, 0.1) is 11.3 Å². The molecule has 1 amide bonds. The standard InChI is InChI=1S/C12H13N3O2/c13-7-10-3-1-2-6-15(10)12(17)9-4-5-11(16)14-8-9/h4-5,8,10H,1-3,6H2,(H,14,16). The van der Waals surface area contributed by atoms with Crippen LogP contribution in [-0.4, -0.2) is 28.4 Å². The summed E-state index contributed by atoms with van der Waals surface area (Å²) in [5.74, 6) is -0.187. The molecule has 0 saturated carbocycles. The third kappa shape index (κ3) is 2.36. The second-order valence-electron chi connectivity index (χ2n) is 4.08. The van der Waals surface area contributed by atoms with E-state index in [1.165, 1.54) is 18.3 Å². The zero-order valence-electron chi connectivity index (χ0n) is 9.35. The topological polar surface area (TPSA) is 77.0 Å². The van der Waals surface area contributed by atoms with Gasteiger partial charge in [-0.2, -0.15) is 5.26 Å². The summed E-state index contributed by atoms with van der Waals surface area (Å²) in [5, 5.41) is 9.00. The quantitative estimate of drug-likeness (QED) is 0.779. The minimum atomic E-state index is -0.344. The Labute approximate surface area is 98.7 Å². The first-order chi connectivity index (χ1) is 8.22. The van der Waals surface area contributed by atoms with E-state index in [-0.39, 0.29) is 17.5 Å². The van der Waals surface area contributed by atoms with Crippen LogP contribution in [0.5, 0.6) is 0 Å². The van der Waals surface area contributed by atoms with Crippen molar-refractivity contribution in [2.45, 2.75) is 25.3 Å². The molecular weight excluding hydrogens is 218 g/mol. The van der Waals surface area contributed by atoms with E-state index in [0.717, 1.165) is 19.3 Å². The molecule has 88 valence electrons. The molecule has 1 atom stereocenters. The van der Waals surface area contributed by atoms with Gasteiger partial charge in [0.2, 0.25) is 5.56 Å². The molecule has 1 unspecified atom stereocenters. The highest BCUT2D eigenvalue weighted by Gasteiger charge is 2.27. The third-order valence-corrected chi connectivity index (χ3v) is 2.94. The molecule has 1 fully saturated rings. The lowest BCUT2D eigenvalue weighted by atomic mass is 10.0. The van der Waals surface area contributed by atoms with Gasteiger partial charge in [-0.1, -0.05) is 0 Å². The number of nitrogens with one attached hydrogen (secondary N) is 1. The number of piperidine rings is 1. The van der Waals surface area contributed by atoms with Gasteiger partial charge < -0.3 is 9.88 Å². The second kappa shape index (κ2) is 4.83. The maximum atomic E-state index is 12.1. The molecule has 0 radical (unpaired) electrons. The predicted molar refractivity (Wildman–Crippen MR) is 61.4 cm³/mol. The fourth-order valence-electron chi connectivity index (χ4n) is 2.02. The summed E-state index contributed by atoms with van der Waals surface area (Å²) >= 11 is 0. The van der Waals surface area contributed by atoms with Gasteiger partial charge in [0, 0.05) is 18.8 Å². The molecule has 5 heteroatoms. The molecule has 2 rings (SSSR count). The van der Waals surface area contributed by atoms with Gasteiger partial charge in [-0.3, -0.25) is 9.59 Å². The van der Waals surface area contributed by atoms with E-state index in [1.54, 1.807) is 4.90 Å². The number of H-pyrrole nitrogens is 1. The SMILES string of the molecule is N#CC1CCCCN1C(=O)c1ccc(=O)[nH]c1. The Bertz CT molecular complexity index is 495. The Kier molecular flexibility index (Phi) is 3.24. The fraction of sp³-hybridized carbons (Fsp3) is 0.417. The molecule has 0 bridgehead atoms. The van der Waals surface area contributed by atoms with Gasteiger partial charge in [0.25, 0.3) is 5.91 Å². The van der Waals surface area contributed by atoms with E-state index in [0.29, 0.717) is 12.1 Å². The van der Waals surface area contributed by atoms with E-state index in [1.807, 2.05) is 0 Å². The van der Waals surface area contributed by atoms with E-state index >= 15 is 0 Å². The molecule has 1 aliphatic rings. The molecule has 17 heavy (non-hydrogen) atoms. The highest BCUT2D eigenvalue weighted by atomic mass is 16.2. The summed E-state index contributed by atoms with van der Waals surface area (Å²) in [6.07, 6.45) is 4.03. The number of hydrogen-bond acceptors (Lipinski definition) is 3. The Morgan fingerprint density at radius 3 is 2.94 bits per heavy atom. The van der Waals surface area contributed by atoms with E-state index in [2.05, 4.69) is 11.1 Å². The largest absolute Gasteiger partial charge is 0.328 e. The molecule has 0 spiro atoms. The molecule has 0 aliphatic carbocycles. The molecule has 1 aliphatic heterocycles. The van der Waals surface area contributed by atoms with Crippen molar-refractivity contribution < 1.29 is 4.79 Å². The first-order valence-electron chi connectivity index (χ1n) is 5.61. The molecule has 0 aromatic carbocycles. The molecule has 1 aromatic heterocycles.